The molecule has 1 N–H and O–H groups in total. The average molecular weight is 454 g/mol. The van der Waals surface area contributed by atoms with Crippen molar-refractivity contribution < 1.29 is 9.84 Å². The molecule has 10 nitrogen and oxygen atoms in total. The van der Waals surface area contributed by atoms with E-state index in [0.717, 1.165) is 17.0 Å². The zero-order valence-corrected chi connectivity index (χ0v) is 18.5. The quantitative estimate of drug-likeness (QED) is 0.442. The molecule has 0 saturated carbocycles. The molecular formula is C24H22N8O2. The first kappa shape index (κ1) is 20.3. The second-order valence-electron chi connectivity index (χ2n) is 8.01. The van der Waals surface area contributed by atoms with Crippen molar-refractivity contribution in [1.82, 2.24) is 34.3 Å². The summed E-state index contributed by atoms with van der Waals surface area (Å²) in [5.41, 5.74) is 3.74. The van der Waals surface area contributed by atoms with Crippen molar-refractivity contribution >= 4 is 17.0 Å². The third-order valence-corrected chi connectivity index (χ3v) is 5.96. The average Bonchev–Trinajstić information content (AvgIpc) is 3.45. The number of benzene rings is 1. The summed E-state index contributed by atoms with van der Waals surface area (Å²) >= 11 is 0. The van der Waals surface area contributed by atoms with Gasteiger partial charge in [-0.05, 0) is 17.7 Å². The predicted molar refractivity (Wildman–Crippen MR) is 127 cm³/mol. The van der Waals surface area contributed by atoms with Gasteiger partial charge < -0.3 is 19.3 Å². The molecule has 0 radical (unpaired) electrons. The summed E-state index contributed by atoms with van der Waals surface area (Å²) in [6.07, 6.45) is 5.10. The molecule has 0 aliphatic carbocycles. The standard InChI is InChI=1S/C24H22N8O2/c1-30-20(17-7-9-25-10-8-17)27-19-21(30)28-24(29-22(19)31-11-13-34-14-12-31)32-23(33)18(15-26-32)16-5-3-2-4-6-16/h2-10,15,33H,11-14H2,1H3. The summed E-state index contributed by atoms with van der Waals surface area (Å²) in [6, 6.07) is 13.4. The molecule has 6 rings (SSSR count). The van der Waals surface area contributed by atoms with E-state index in [0.29, 0.717) is 48.8 Å². The van der Waals surface area contributed by atoms with Gasteiger partial charge in [-0.3, -0.25) is 4.98 Å². The van der Waals surface area contributed by atoms with Crippen LogP contribution in [0.25, 0.3) is 39.6 Å². The topological polar surface area (TPSA) is 107 Å². The van der Waals surface area contributed by atoms with Crippen molar-refractivity contribution in [3.05, 3.63) is 61.1 Å². The Kier molecular flexibility index (Phi) is 4.92. The number of imidazole rings is 1. The van der Waals surface area contributed by atoms with Crippen molar-refractivity contribution in [2.75, 3.05) is 31.2 Å². The van der Waals surface area contributed by atoms with Gasteiger partial charge in [-0.1, -0.05) is 30.3 Å². The van der Waals surface area contributed by atoms with Gasteiger partial charge in [-0.25, -0.2) is 4.98 Å². The van der Waals surface area contributed by atoms with E-state index in [1.54, 1.807) is 18.6 Å². The van der Waals surface area contributed by atoms with Gasteiger partial charge in [0.05, 0.1) is 25.0 Å². The summed E-state index contributed by atoms with van der Waals surface area (Å²) < 4.78 is 8.84. The van der Waals surface area contributed by atoms with Crippen molar-refractivity contribution in [3.8, 4) is 34.3 Å². The molecule has 5 aromatic rings. The number of aromatic nitrogens is 7. The lowest BCUT2D eigenvalue weighted by molar-refractivity contribution is 0.122. The summed E-state index contributed by atoms with van der Waals surface area (Å²) in [7, 11) is 1.92. The van der Waals surface area contributed by atoms with Crippen LogP contribution in [0.3, 0.4) is 0 Å². The summed E-state index contributed by atoms with van der Waals surface area (Å²) in [5.74, 6) is 1.70. The molecule has 5 heterocycles. The van der Waals surface area contributed by atoms with Gasteiger partial charge in [-0.15, -0.1) is 0 Å². The predicted octanol–water partition coefficient (Wildman–Crippen LogP) is 2.82. The fourth-order valence-electron chi connectivity index (χ4n) is 4.19. The Morgan fingerprint density at radius 3 is 2.44 bits per heavy atom. The van der Waals surface area contributed by atoms with E-state index < -0.39 is 0 Å². The van der Waals surface area contributed by atoms with Crippen LogP contribution in [0.15, 0.2) is 61.1 Å². The number of morpholine rings is 1. The zero-order chi connectivity index (χ0) is 23.1. The van der Waals surface area contributed by atoms with Crippen LogP contribution in [0.2, 0.25) is 0 Å². The van der Waals surface area contributed by atoms with E-state index in [1.165, 1.54) is 4.68 Å². The second kappa shape index (κ2) is 8.23. The molecule has 1 fully saturated rings. The maximum atomic E-state index is 11.0. The molecule has 0 bridgehead atoms. The van der Waals surface area contributed by atoms with Gasteiger partial charge in [0, 0.05) is 38.1 Å². The number of hydrogen-bond donors (Lipinski definition) is 1. The first-order chi connectivity index (χ1) is 16.7. The third kappa shape index (κ3) is 3.35. The first-order valence-corrected chi connectivity index (χ1v) is 11.0. The molecule has 1 saturated heterocycles. The Balaban J connectivity index is 1.55. The van der Waals surface area contributed by atoms with Crippen molar-refractivity contribution in [1.29, 1.82) is 0 Å². The van der Waals surface area contributed by atoms with Gasteiger partial charge in [0.1, 0.15) is 5.82 Å². The van der Waals surface area contributed by atoms with Crippen molar-refractivity contribution in [2.45, 2.75) is 0 Å². The molecule has 170 valence electrons. The van der Waals surface area contributed by atoms with Gasteiger partial charge in [0.2, 0.25) is 5.88 Å². The van der Waals surface area contributed by atoms with Crippen LogP contribution in [-0.4, -0.2) is 65.7 Å². The Labute approximate surface area is 195 Å². The van der Waals surface area contributed by atoms with Gasteiger partial charge in [-0.2, -0.15) is 19.7 Å². The Bertz CT molecular complexity index is 1460. The van der Waals surface area contributed by atoms with E-state index in [9.17, 15) is 5.11 Å². The highest BCUT2D eigenvalue weighted by atomic mass is 16.5. The highest BCUT2D eigenvalue weighted by Crippen LogP contribution is 2.33. The lowest BCUT2D eigenvalue weighted by Crippen LogP contribution is -2.37. The summed E-state index contributed by atoms with van der Waals surface area (Å²) in [5, 5.41) is 15.4. The minimum Gasteiger partial charge on any atom is -0.493 e. The number of rotatable bonds is 4. The van der Waals surface area contributed by atoms with E-state index in [1.807, 2.05) is 54.1 Å². The Morgan fingerprint density at radius 2 is 1.68 bits per heavy atom. The van der Waals surface area contributed by atoms with Gasteiger partial charge in [0.25, 0.3) is 5.95 Å². The molecule has 0 atom stereocenters. The highest BCUT2D eigenvalue weighted by Gasteiger charge is 2.24. The maximum absolute atomic E-state index is 11.0. The van der Waals surface area contributed by atoms with Gasteiger partial charge >= 0.3 is 0 Å². The molecule has 1 aromatic carbocycles. The van der Waals surface area contributed by atoms with E-state index in [4.69, 9.17) is 19.7 Å². The molecule has 1 aliphatic rings. The van der Waals surface area contributed by atoms with Crippen LogP contribution in [0.1, 0.15) is 0 Å². The Morgan fingerprint density at radius 1 is 0.912 bits per heavy atom. The third-order valence-electron chi connectivity index (χ3n) is 5.96. The van der Waals surface area contributed by atoms with Crippen LogP contribution < -0.4 is 4.90 Å². The second-order valence-corrected chi connectivity index (χ2v) is 8.01. The molecule has 10 heteroatoms. The van der Waals surface area contributed by atoms with Crippen molar-refractivity contribution in [3.63, 3.8) is 0 Å². The van der Waals surface area contributed by atoms with Crippen LogP contribution in [-0.2, 0) is 11.8 Å². The molecular weight excluding hydrogens is 432 g/mol. The smallest absolute Gasteiger partial charge is 0.257 e. The van der Waals surface area contributed by atoms with Gasteiger partial charge in [0.15, 0.2) is 17.0 Å². The number of pyridine rings is 1. The number of anilines is 1. The Hall–Kier alpha value is -4.31. The zero-order valence-electron chi connectivity index (χ0n) is 18.5. The van der Waals surface area contributed by atoms with Crippen LogP contribution in [0, 0.1) is 0 Å². The molecule has 0 unspecified atom stereocenters. The first-order valence-electron chi connectivity index (χ1n) is 11.0. The number of nitrogens with zero attached hydrogens (tertiary/aromatic N) is 8. The molecule has 4 aromatic heterocycles. The fraction of sp³-hybridized carbons (Fsp3) is 0.208. The summed E-state index contributed by atoms with van der Waals surface area (Å²) in [4.78, 5) is 20.7. The molecule has 0 amide bonds. The minimum atomic E-state index is -0.0185. The van der Waals surface area contributed by atoms with Crippen LogP contribution in [0.5, 0.6) is 5.88 Å². The maximum Gasteiger partial charge on any atom is 0.257 e. The largest absolute Gasteiger partial charge is 0.493 e. The van der Waals surface area contributed by atoms with Crippen LogP contribution >= 0.6 is 0 Å². The summed E-state index contributed by atoms with van der Waals surface area (Å²) in [6.45, 7) is 2.59. The number of fused-ring (bicyclic) bond motifs is 1. The highest BCUT2D eigenvalue weighted by molar-refractivity contribution is 5.87. The van der Waals surface area contributed by atoms with E-state index >= 15 is 0 Å². The van der Waals surface area contributed by atoms with Crippen molar-refractivity contribution in [2.24, 2.45) is 7.05 Å². The number of ether oxygens (including phenoxy) is 1. The van der Waals surface area contributed by atoms with Crippen LogP contribution in [0.4, 0.5) is 5.82 Å². The van der Waals surface area contributed by atoms with E-state index in [2.05, 4.69) is 15.0 Å². The normalized spacial score (nSPS) is 14.1. The lowest BCUT2D eigenvalue weighted by atomic mass is 10.1. The number of aromatic hydroxyl groups is 1. The monoisotopic (exact) mass is 454 g/mol. The SMILES string of the molecule is Cn1c(-c2ccncc2)nc2c(N3CCOCC3)nc(-n3ncc(-c4ccccc4)c3O)nc21. The molecule has 0 spiro atoms. The lowest BCUT2D eigenvalue weighted by Gasteiger charge is -2.28. The molecule has 34 heavy (non-hydrogen) atoms. The number of aryl methyl sites for hydroxylation is 1. The fourth-order valence-corrected chi connectivity index (χ4v) is 4.19. The molecule has 1 aliphatic heterocycles. The van der Waals surface area contributed by atoms with E-state index in [-0.39, 0.29) is 11.8 Å². The number of hydrogen-bond acceptors (Lipinski definition) is 8. The minimum absolute atomic E-state index is 0.0185.